The zero-order chi connectivity index (χ0) is 17.1. The van der Waals surface area contributed by atoms with Crippen molar-refractivity contribution in [3.05, 3.63) is 53.5 Å². The van der Waals surface area contributed by atoms with Gasteiger partial charge >= 0.3 is 0 Å². The quantitative estimate of drug-likeness (QED) is 0.809. The molecule has 1 aliphatic rings. The molecule has 0 spiro atoms. The molecule has 1 aromatic heterocycles. The second kappa shape index (κ2) is 7.20. The van der Waals surface area contributed by atoms with Gasteiger partial charge in [0.25, 0.3) is 0 Å². The number of benzene rings is 1. The Bertz CT molecular complexity index is 722. The van der Waals surface area contributed by atoms with E-state index in [1.54, 1.807) is 12.1 Å². The van der Waals surface area contributed by atoms with Crippen molar-refractivity contribution in [3.63, 3.8) is 0 Å². The summed E-state index contributed by atoms with van der Waals surface area (Å²) in [5.74, 6) is -0.162. The molecule has 0 unspecified atom stereocenters. The molecule has 0 N–H and O–H groups in total. The molecule has 1 aromatic carbocycles. The molecule has 4 nitrogen and oxygen atoms in total. The smallest absolute Gasteiger partial charge is 0.178 e. The van der Waals surface area contributed by atoms with E-state index in [9.17, 15) is 9.18 Å². The van der Waals surface area contributed by atoms with Gasteiger partial charge in [0.15, 0.2) is 5.78 Å². The number of carbonyl (C=O) groups excluding carboxylic acids is 1. The number of carbonyl (C=O) groups is 1. The number of pyridine rings is 1. The van der Waals surface area contributed by atoms with Crippen LogP contribution in [0.25, 0.3) is 11.3 Å². The minimum atomic E-state index is -0.269. The fourth-order valence-electron chi connectivity index (χ4n) is 2.93. The molecule has 3 rings (SSSR count). The number of halogens is 1. The lowest BCUT2D eigenvalue weighted by Gasteiger charge is -2.31. The monoisotopic (exact) mass is 327 g/mol. The summed E-state index contributed by atoms with van der Waals surface area (Å²) in [5.41, 5.74) is 2.98. The van der Waals surface area contributed by atoms with Gasteiger partial charge in [0.05, 0.1) is 12.2 Å². The topological polar surface area (TPSA) is 36.4 Å². The van der Waals surface area contributed by atoms with Crippen LogP contribution in [0.5, 0.6) is 0 Å². The van der Waals surface area contributed by atoms with Crippen LogP contribution in [0.2, 0.25) is 0 Å². The van der Waals surface area contributed by atoms with Gasteiger partial charge in [-0.25, -0.2) is 4.39 Å². The SMILES string of the molecule is Cc1nc(-c2ccc(F)cc2)ccc1C(=O)CN1CCN(C)CC1. The summed E-state index contributed by atoms with van der Waals surface area (Å²) in [4.78, 5) is 21.6. The maximum atomic E-state index is 13.0. The highest BCUT2D eigenvalue weighted by Gasteiger charge is 2.19. The van der Waals surface area contributed by atoms with Gasteiger partial charge in [-0.1, -0.05) is 0 Å². The second-order valence-corrected chi connectivity index (χ2v) is 6.34. The van der Waals surface area contributed by atoms with E-state index in [4.69, 9.17) is 0 Å². The zero-order valence-electron chi connectivity index (χ0n) is 14.1. The summed E-state index contributed by atoms with van der Waals surface area (Å²) in [6.45, 7) is 6.11. The molecule has 2 aromatic rings. The summed E-state index contributed by atoms with van der Waals surface area (Å²) in [5, 5.41) is 0. The van der Waals surface area contributed by atoms with E-state index in [0.29, 0.717) is 12.1 Å². The van der Waals surface area contributed by atoms with Gasteiger partial charge < -0.3 is 4.90 Å². The molecule has 0 saturated carbocycles. The molecule has 1 fully saturated rings. The van der Waals surface area contributed by atoms with Crippen LogP contribution >= 0.6 is 0 Å². The average Bonchev–Trinajstić information content (AvgIpc) is 2.57. The van der Waals surface area contributed by atoms with Crippen molar-refractivity contribution in [2.45, 2.75) is 6.92 Å². The van der Waals surface area contributed by atoms with E-state index in [-0.39, 0.29) is 11.6 Å². The van der Waals surface area contributed by atoms with Crippen molar-refractivity contribution in [1.29, 1.82) is 0 Å². The molecular formula is C19H22FN3O. The molecule has 1 aliphatic heterocycles. The van der Waals surface area contributed by atoms with Crippen LogP contribution in [-0.2, 0) is 0 Å². The van der Waals surface area contributed by atoms with E-state index in [1.807, 2.05) is 19.1 Å². The van der Waals surface area contributed by atoms with Crippen molar-refractivity contribution in [2.24, 2.45) is 0 Å². The summed E-state index contributed by atoms with van der Waals surface area (Å²) in [6.07, 6.45) is 0. The maximum Gasteiger partial charge on any atom is 0.178 e. The van der Waals surface area contributed by atoms with Gasteiger partial charge in [-0.15, -0.1) is 0 Å². The normalized spacial score (nSPS) is 16.3. The lowest BCUT2D eigenvalue weighted by molar-refractivity contribution is 0.0875. The van der Waals surface area contributed by atoms with Crippen LogP contribution in [0, 0.1) is 12.7 Å². The standard InChI is InChI=1S/C19H22FN3O/c1-14-17(19(24)13-23-11-9-22(2)10-12-23)7-8-18(21-14)15-3-5-16(20)6-4-15/h3-8H,9-13H2,1-2H3. The van der Waals surface area contributed by atoms with Gasteiger partial charge in [0, 0.05) is 43.0 Å². The number of Topliss-reactive ketones (excluding diaryl/α,β-unsaturated/α-hetero) is 1. The number of likely N-dealkylation sites (N-methyl/N-ethyl adjacent to an activating group) is 1. The Labute approximate surface area is 141 Å². The van der Waals surface area contributed by atoms with E-state index in [2.05, 4.69) is 21.8 Å². The molecule has 126 valence electrons. The van der Waals surface area contributed by atoms with Crippen molar-refractivity contribution in [1.82, 2.24) is 14.8 Å². The Balaban J connectivity index is 1.72. The lowest BCUT2D eigenvalue weighted by Crippen LogP contribution is -2.46. The number of hydrogen-bond donors (Lipinski definition) is 0. The average molecular weight is 327 g/mol. The molecule has 24 heavy (non-hydrogen) atoms. The molecule has 5 heteroatoms. The number of piperazine rings is 1. The molecule has 0 aliphatic carbocycles. The number of ketones is 1. The van der Waals surface area contributed by atoms with Gasteiger partial charge in [0.2, 0.25) is 0 Å². The number of hydrogen-bond acceptors (Lipinski definition) is 4. The van der Waals surface area contributed by atoms with E-state index >= 15 is 0 Å². The second-order valence-electron chi connectivity index (χ2n) is 6.34. The summed E-state index contributed by atoms with van der Waals surface area (Å²) < 4.78 is 13.0. The summed E-state index contributed by atoms with van der Waals surface area (Å²) >= 11 is 0. The molecule has 1 saturated heterocycles. The summed E-state index contributed by atoms with van der Waals surface area (Å²) in [6, 6.07) is 9.89. The van der Waals surface area contributed by atoms with Crippen molar-refractivity contribution >= 4 is 5.78 Å². The molecule has 2 heterocycles. The van der Waals surface area contributed by atoms with Gasteiger partial charge in [-0.3, -0.25) is 14.7 Å². The van der Waals surface area contributed by atoms with E-state index < -0.39 is 0 Å². The first-order valence-corrected chi connectivity index (χ1v) is 8.20. The zero-order valence-corrected chi connectivity index (χ0v) is 14.1. The third kappa shape index (κ3) is 3.86. The predicted molar refractivity (Wildman–Crippen MR) is 92.6 cm³/mol. The van der Waals surface area contributed by atoms with Gasteiger partial charge in [0.1, 0.15) is 5.82 Å². The van der Waals surface area contributed by atoms with E-state index in [1.165, 1.54) is 12.1 Å². The highest BCUT2D eigenvalue weighted by Crippen LogP contribution is 2.20. The molecular weight excluding hydrogens is 305 g/mol. The number of aryl methyl sites for hydroxylation is 1. The Hall–Kier alpha value is -2.11. The van der Waals surface area contributed by atoms with E-state index in [0.717, 1.165) is 43.1 Å². The Kier molecular flexibility index (Phi) is 5.02. The number of nitrogens with zero attached hydrogens (tertiary/aromatic N) is 3. The van der Waals surface area contributed by atoms with Gasteiger partial charge in [-0.2, -0.15) is 0 Å². The lowest BCUT2D eigenvalue weighted by atomic mass is 10.1. The number of rotatable bonds is 4. The van der Waals surface area contributed by atoms with Crippen molar-refractivity contribution in [3.8, 4) is 11.3 Å². The molecule has 0 atom stereocenters. The molecule has 0 radical (unpaired) electrons. The Morgan fingerprint density at radius 2 is 1.75 bits per heavy atom. The minimum Gasteiger partial charge on any atom is -0.304 e. The van der Waals surface area contributed by atoms with Crippen LogP contribution in [-0.4, -0.2) is 60.3 Å². The predicted octanol–water partition coefficient (Wildman–Crippen LogP) is 2.63. The fraction of sp³-hybridized carbons (Fsp3) is 0.368. The van der Waals surface area contributed by atoms with Crippen molar-refractivity contribution in [2.75, 3.05) is 39.8 Å². The van der Waals surface area contributed by atoms with Crippen molar-refractivity contribution < 1.29 is 9.18 Å². The highest BCUT2D eigenvalue weighted by molar-refractivity contribution is 5.98. The minimum absolute atomic E-state index is 0.107. The van der Waals surface area contributed by atoms with Crippen LogP contribution < -0.4 is 0 Å². The molecule has 0 amide bonds. The largest absolute Gasteiger partial charge is 0.304 e. The third-order valence-corrected chi connectivity index (χ3v) is 4.49. The first kappa shape index (κ1) is 16.7. The van der Waals surface area contributed by atoms with Gasteiger partial charge in [-0.05, 0) is 50.4 Å². The summed E-state index contributed by atoms with van der Waals surface area (Å²) in [7, 11) is 2.10. The Morgan fingerprint density at radius 3 is 2.38 bits per heavy atom. The highest BCUT2D eigenvalue weighted by atomic mass is 19.1. The Morgan fingerprint density at radius 1 is 1.08 bits per heavy atom. The molecule has 0 bridgehead atoms. The third-order valence-electron chi connectivity index (χ3n) is 4.49. The van der Waals surface area contributed by atoms with Crippen LogP contribution in [0.4, 0.5) is 4.39 Å². The first-order chi connectivity index (χ1) is 11.5. The fourth-order valence-corrected chi connectivity index (χ4v) is 2.93. The first-order valence-electron chi connectivity index (χ1n) is 8.20. The maximum absolute atomic E-state index is 13.0. The van der Waals surface area contributed by atoms with Crippen LogP contribution in [0.15, 0.2) is 36.4 Å². The van der Waals surface area contributed by atoms with Crippen LogP contribution in [0.3, 0.4) is 0 Å². The van der Waals surface area contributed by atoms with Crippen LogP contribution in [0.1, 0.15) is 16.1 Å². The number of aromatic nitrogens is 1.